The van der Waals surface area contributed by atoms with Crippen LogP contribution in [0.3, 0.4) is 0 Å². The molecule has 0 saturated heterocycles. The average molecular weight is 603 g/mol. The minimum atomic E-state index is -0.282. The molecule has 2 heterocycles. The van der Waals surface area contributed by atoms with Crippen molar-refractivity contribution in [1.29, 1.82) is 0 Å². The zero-order chi connectivity index (χ0) is 30.3. The number of nitrogens with zero attached hydrogens (tertiary/aromatic N) is 2. The number of aliphatic imine (C=N–C) groups is 1. The van der Waals surface area contributed by atoms with Gasteiger partial charge < -0.3 is 29.6 Å². The fourth-order valence-electron chi connectivity index (χ4n) is 3.97. The van der Waals surface area contributed by atoms with Crippen molar-refractivity contribution in [3.8, 4) is 11.8 Å². The molecule has 0 saturated carbocycles. The molecule has 224 valence electrons. The second-order valence-electron chi connectivity index (χ2n) is 9.16. The van der Waals surface area contributed by atoms with E-state index in [9.17, 15) is 9.59 Å². The highest BCUT2D eigenvalue weighted by atomic mass is 32.2. The number of carbonyl (C=O) groups excluding carboxylic acids is 2. The summed E-state index contributed by atoms with van der Waals surface area (Å²) in [7, 11) is 3.25. The molecule has 0 aliphatic carbocycles. The van der Waals surface area contributed by atoms with Gasteiger partial charge in [-0.3, -0.25) is 14.6 Å². The molecule has 2 aromatic carbocycles. The highest BCUT2D eigenvalue weighted by molar-refractivity contribution is 7.99. The van der Waals surface area contributed by atoms with E-state index in [0.717, 1.165) is 20.9 Å². The molecule has 1 aliphatic heterocycles. The summed E-state index contributed by atoms with van der Waals surface area (Å²) in [6, 6.07) is 17.1. The van der Waals surface area contributed by atoms with Crippen molar-refractivity contribution in [3.05, 3.63) is 83.2 Å². The van der Waals surface area contributed by atoms with Gasteiger partial charge in [0.2, 0.25) is 5.91 Å². The molecule has 2 N–H and O–H groups in total. The summed E-state index contributed by atoms with van der Waals surface area (Å²) in [6.07, 6.45) is 1.55. The Morgan fingerprint density at radius 3 is 2.44 bits per heavy atom. The van der Waals surface area contributed by atoms with Crippen molar-refractivity contribution in [2.24, 2.45) is 4.99 Å². The number of hydrogen-bond donors (Lipinski definition) is 2. The Morgan fingerprint density at radius 1 is 0.930 bits per heavy atom. The number of benzene rings is 2. The Labute approximate surface area is 255 Å². The van der Waals surface area contributed by atoms with Gasteiger partial charge in [-0.1, -0.05) is 30.0 Å². The molecule has 3 aromatic rings. The van der Waals surface area contributed by atoms with E-state index < -0.39 is 0 Å². The quantitative estimate of drug-likeness (QED) is 0.200. The number of rotatable bonds is 15. The van der Waals surface area contributed by atoms with Gasteiger partial charge in [-0.2, -0.15) is 0 Å². The minimum absolute atomic E-state index is 0.0880. The van der Waals surface area contributed by atoms with Gasteiger partial charge in [0.05, 0.1) is 63.6 Å². The summed E-state index contributed by atoms with van der Waals surface area (Å²) in [5.41, 5.74) is 4.53. The highest BCUT2D eigenvalue weighted by Crippen LogP contribution is 2.33. The number of nitrogens with one attached hydrogen (secondary N) is 2. The zero-order valence-electron chi connectivity index (χ0n) is 24.2. The number of ether oxygens (including phenoxy) is 4. The lowest BCUT2D eigenvalue weighted by Crippen LogP contribution is -2.20. The number of amides is 2. The number of fused-ring (bicyclic) bond motifs is 1. The lowest BCUT2D eigenvalue weighted by Gasteiger charge is -2.09. The lowest BCUT2D eigenvalue weighted by atomic mass is 10.1. The summed E-state index contributed by atoms with van der Waals surface area (Å²) < 4.78 is 20.9. The van der Waals surface area contributed by atoms with E-state index in [2.05, 4.69) is 38.5 Å². The number of hydrogen-bond acceptors (Lipinski definition) is 9. The maximum Gasteiger partial charge on any atom is 0.252 e. The van der Waals surface area contributed by atoms with Crippen molar-refractivity contribution in [1.82, 2.24) is 10.3 Å². The molecular weight excluding hydrogens is 568 g/mol. The monoisotopic (exact) mass is 602 g/mol. The van der Waals surface area contributed by atoms with Crippen molar-refractivity contribution >= 4 is 35.0 Å². The molecule has 43 heavy (non-hydrogen) atoms. The van der Waals surface area contributed by atoms with Crippen molar-refractivity contribution in [2.75, 3.05) is 65.7 Å². The second kappa shape index (κ2) is 17.2. The summed E-state index contributed by atoms with van der Waals surface area (Å²) in [5.74, 6) is 5.78. The van der Waals surface area contributed by atoms with E-state index in [1.54, 1.807) is 44.2 Å². The second-order valence-corrected chi connectivity index (χ2v) is 10.3. The fourth-order valence-corrected chi connectivity index (χ4v) is 4.97. The molecular formula is C32H34N4O6S. The third kappa shape index (κ3) is 10.0. The summed E-state index contributed by atoms with van der Waals surface area (Å²) >= 11 is 1.54. The Kier molecular flexibility index (Phi) is 12.7. The third-order valence-electron chi connectivity index (χ3n) is 6.09. The number of pyridine rings is 1. The summed E-state index contributed by atoms with van der Waals surface area (Å²) in [5, 5.41) is 5.44. The van der Waals surface area contributed by atoms with Gasteiger partial charge in [-0.15, -0.1) is 0 Å². The number of carbonyl (C=O) groups is 2. The Balaban J connectivity index is 1.22. The van der Waals surface area contributed by atoms with Crippen LogP contribution in [0.2, 0.25) is 0 Å². The number of methoxy groups -OCH3 is 1. The summed E-state index contributed by atoms with van der Waals surface area (Å²) in [6.45, 7) is 3.15. The number of aromatic nitrogens is 1. The molecule has 10 nitrogen and oxygen atoms in total. The molecule has 0 fully saturated rings. The van der Waals surface area contributed by atoms with E-state index in [4.69, 9.17) is 18.9 Å². The largest absolute Gasteiger partial charge is 0.382 e. The van der Waals surface area contributed by atoms with Crippen LogP contribution in [0, 0.1) is 11.8 Å². The first-order valence-electron chi connectivity index (χ1n) is 13.7. The molecule has 0 atom stereocenters. The van der Waals surface area contributed by atoms with Crippen LogP contribution in [-0.2, 0) is 30.3 Å². The van der Waals surface area contributed by atoms with E-state index >= 15 is 0 Å². The van der Waals surface area contributed by atoms with E-state index in [0.29, 0.717) is 68.8 Å². The Hall–Kier alpha value is -4.05. The first-order valence-corrected chi connectivity index (χ1v) is 14.6. The molecule has 0 unspecified atom stereocenters. The van der Waals surface area contributed by atoms with Gasteiger partial charge >= 0.3 is 0 Å². The summed E-state index contributed by atoms with van der Waals surface area (Å²) in [4.78, 5) is 35.2. The van der Waals surface area contributed by atoms with Gasteiger partial charge in [0.15, 0.2) is 0 Å². The SMILES string of the molecule is CNC(=O)c1ccccc1Sc1ccc2c(c1)CN=C2C#Cc1ccc(NC(=O)COCCOCCOCCOC)cn1. The molecule has 4 rings (SSSR count). The van der Waals surface area contributed by atoms with Crippen LogP contribution < -0.4 is 10.6 Å². The molecule has 2 amide bonds. The topological polar surface area (TPSA) is 120 Å². The van der Waals surface area contributed by atoms with Gasteiger partial charge in [-0.05, 0) is 53.8 Å². The molecule has 0 radical (unpaired) electrons. The van der Waals surface area contributed by atoms with Crippen LogP contribution >= 0.6 is 11.8 Å². The van der Waals surface area contributed by atoms with Gasteiger partial charge in [0.1, 0.15) is 18.0 Å². The minimum Gasteiger partial charge on any atom is -0.382 e. The molecule has 0 bridgehead atoms. The maximum atomic E-state index is 12.2. The van der Waals surface area contributed by atoms with Crippen LogP contribution in [0.4, 0.5) is 5.69 Å². The van der Waals surface area contributed by atoms with Crippen LogP contribution in [0.15, 0.2) is 75.6 Å². The normalized spacial score (nSPS) is 11.7. The van der Waals surface area contributed by atoms with Crippen molar-refractivity contribution in [2.45, 2.75) is 16.3 Å². The first-order chi connectivity index (χ1) is 21.1. The van der Waals surface area contributed by atoms with Crippen LogP contribution in [0.1, 0.15) is 27.2 Å². The third-order valence-corrected chi connectivity index (χ3v) is 7.16. The van der Waals surface area contributed by atoms with Gasteiger partial charge in [0.25, 0.3) is 5.91 Å². The maximum absolute atomic E-state index is 12.2. The van der Waals surface area contributed by atoms with Crippen molar-refractivity contribution < 1.29 is 28.5 Å². The highest BCUT2D eigenvalue weighted by Gasteiger charge is 2.16. The van der Waals surface area contributed by atoms with Crippen LogP contribution in [0.5, 0.6) is 0 Å². The molecule has 1 aliphatic rings. The van der Waals surface area contributed by atoms with E-state index in [1.807, 2.05) is 36.4 Å². The smallest absolute Gasteiger partial charge is 0.252 e. The van der Waals surface area contributed by atoms with E-state index in [-0.39, 0.29) is 18.4 Å². The van der Waals surface area contributed by atoms with Gasteiger partial charge in [0, 0.05) is 29.5 Å². The zero-order valence-corrected chi connectivity index (χ0v) is 25.0. The average Bonchev–Trinajstić information content (AvgIpc) is 3.43. The Morgan fingerprint density at radius 2 is 1.70 bits per heavy atom. The van der Waals surface area contributed by atoms with Crippen LogP contribution in [0.25, 0.3) is 0 Å². The van der Waals surface area contributed by atoms with Crippen molar-refractivity contribution in [3.63, 3.8) is 0 Å². The fraction of sp³-hybridized carbons (Fsp3) is 0.312. The number of anilines is 1. The molecule has 0 spiro atoms. The Bertz CT molecular complexity index is 1480. The van der Waals surface area contributed by atoms with Gasteiger partial charge in [-0.25, -0.2) is 4.98 Å². The molecule has 1 aromatic heterocycles. The first kappa shape index (κ1) is 31.9. The van der Waals surface area contributed by atoms with Crippen LogP contribution in [-0.4, -0.2) is 82.9 Å². The predicted molar refractivity (Wildman–Crippen MR) is 165 cm³/mol. The van der Waals surface area contributed by atoms with E-state index in [1.165, 1.54) is 0 Å². The standard InChI is InChI=1S/C32H34N4O6S/c1-33-32(38)28-5-3-4-6-30(28)43-26-10-11-27-23(19-26)20-35-29(27)12-9-24-7-8-25(21-34-24)36-31(37)22-42-18-17-41-16-15-40-14-13-39-2/h3-8,10-11,19,21H,13-18,20,22H2,1-2H3,(H,33,38)(H,36,37). The lowest BCUT2D eigenvalue weighted by molar-refractivity contribution is -0.121. The molecule has 11 heteroatoms. The predicted octanol–water partition coefficient (Wildman–Crippen LogP) is 3.58.